The van der Waals surface area contributed by atoms with Crippen LogP contribution in [0.15, 0.2) is 41.3 Å². The summed E-state index contributed by atoms with van der Waals surface area (Å²) in [6, 6.07) is 11.4. The highest BCUT2D eigenvalue weighted by atomic mass is 32.2. The average Bonchev–Trinajstić information content (AvgIpc) is 3.49. The summed E-state index contributed by atoms with van der Waals surface area (Å²) in [6.07, 6.45) is 6.64. The van der Waals surface area contributed by atoms with Crippen molar-refractivity contribution in [2.24, 2.45) is 0 Å². The van der Waals surface area contributed by atoms with Crippen LogP contribution in [0.5, 0.6) is 0 Å². The van der Waals surface area contributed by atoms with Crippen LogP contribution in [-0.4, -0.2) is 32.6 Å². The summed E-state index contributed by atoms with van der Waals surface area (Å²) >= 11 is 2.69. The Morgan fingerprint density at radius 1 is 1.14 bits per heavy atom. The zero-order valence-electron chi connectivity index (χ0n) is 21.6. The molecule has 1 aromatic carbocycles. The van der Waals surface area contributed by atoms with Gasteiger partial charge in [-0.15, -0.1) is 11.3 Å². The van der Waals surface area contributed by atoms with Crippen LogP contribution in [0.1, 0.15) is 70.9 Å². The number of thiophene rings is 1. The highest BCUT2D eigenvalue weighted by Crippen LogP contribution is 2.40. The number of hydrogen-bond acceptors (Lipinski definition) is 5. The molecule has 1 aliphatic heterocycles. The molecular formula is C29H31N3O3S2. The molecule has 0 unspecified atom stereocenters. The zero-order chi connectivity index (χ0) is 26.3. The van der Waals surface area contributed by atoms with Gasteiger partial charge in [0.2, 0.25) is 0 Å². The molecule has 1 fully saturated rings. The van der Waals surface area contributed by atoms with Gasteiger partial charge in [0.1, 0.15) is 5.00 Å². The molecule has 1 saturated heterocycles. The van der Waals surface area contributed by atoms with Gasteiger partial charge < -0.3 is 9.88 Å². The first-order valence-corrected chi connectivity index (χ1v) is 14.4. The number of carbonyl (C=O) groups is 3. The number of hydrogen-bond donors (Lipinski definition) is 1. The van der Waals surface area contributed by atoms with E-state index < -0.39 is 0 Å². The van der Waals surface area contributed by atoms with Crippen LogP contribution < -0.4 is 5.32 Å². The third kappa shape index (κ3) is 4.68. The molecule has 0 radical (unpaired) electrons. The van der Waals surface area contributed by atoms with Gasteiger partial charge in [-0.05, 0) is 100 Å². The second-order valence-electron chi connectivity index (χ2n) is 9.68. The Hall–Kier alpha value is -3.10. The van der Waals surface area contributed by atoms with Crippen LogP contribution >= 0.6 is 23.1 Å². The summed E-state index contributed by atoms with van der Waals surface area (Å²) in [5.74, 6) is -0.326. The summed E-state index contributed by atoms with van der Waals surface area (Å²) in [7, 11) is 0. The number of benzene rings is 1. The lowest BCUT2D eigenvalue weighted by atomic mass is 9.95. The molecule has 8 heteroatoms. The number of nitrogens with one attached hydrogen (secondary N) is 1. The monoisotopic (exact) mass is 533 g/mol. The van der Waals surface area contributed by atoms with Crippen molar-refractivity contribution >= 4 is 51.9 Å². The van der Waals surface area contributed by atoms with Crippen molar-refractivity contribution < 1.29 is 14.4 Å². The van der Waals surface area contributed by atoms with Crippen molar-refractivity contribution in [1.82, 2.24) is 9.47 Å². The minimum absolute atomic E-state index is 0.0932. The number of thioether (sulfide) groups is 1. The van der Waals surface area contributed by atoms with Gasteiger partial charge in [0, 0.05) is 28.0 Å². The van der Waals surface area contributed by atoms with E-state index in [2.05, 4.69) is 9.88 Å². The van der Waals surface area contributed by atoms with Gasteiger partial charge in [0.25, 0.3) is 17.1 Å². The Bertz CT molecular complexity index is 1420. The zero-order valence-corrected chi connectivity index (χ0v) is 23.2. The highest BCUT2D eigenvalue weighted by Gasteiger charge is 2.38. The maximum Gasteiger partial charge on any atom is 0.293 e. The lowest BCUT2D eigenvalue weighted by molar-refractivity contribution is -0.124. The molecule has 1 N–H and O–H groups in total. The van der Waals surface area contributed by atoms with Crippen LogP contribution in [-0.2, 0) is 17.6 Å². The SMILES string of the molecule is CC[C@@H](C)N1C(=O)S/C(=C/c2cc(C)n(-c3sc4c(c3C(=O)Nc3ccccc3)CCCC4)c2C)C1=O. The molecule has 37 heavy (non-hydrogen) atoms. The fraction of sp³-hybridized carbons (Fsp3) is 0.345. The average molecular weight is 534 g/mol. The second-order valence-corrected chi connectivity index (χ2v) is 11.8. The molecule has 0 bridgehead atoms. The quantitative estimate of drug-likeness (QED) is 0.343. The number of amides is 3. The van der Waals surface area contributed by atoms with Gasteiger partial charge in [-0.3, -0.25) is 19.3 Å². The minimum Gasteiger partial charge on any atom is -0.322 e. The van der Waals surface area contributed by atoms with E-state index in [1.807, 2.05) is 70.2 Å². The number of fused-ring (bicyclic) bond motifs is 1. The summed E-state index contributed by atoms with van der Waals surface area (Å²) in [6.45, 7) is 7.89. The molecule has 0 spiro atoms. The van der Waals surface area contributed by atoms with Crippen molar-refractivity contribution in [3.63, 3.8) is 0 Å². The number of anilines is 1. The summed E-state index contributed by atoms with van der Waals surface area (Å²) in [5.41, 5.74) is 5.48. The number of carbonyl (C=O) groups excluding carboxylic acids is 3. The van der Waals surface area contributed by atoms with Crippen LogP contribution in [0, 0.1) is 13.8 Å². The number of nitrogens with zero attached hydrogens (tertiary/aromatic N) is 2. The van der Waals surface area contributed by atoms with Gasteiger partial charge >= 0.3 is 0 Å². The van der Waals surface area contributed by atoms with E-state index in [4.69, 9.17) is 0 Å². The molecule has 3 heterocycles. The standard InChI is InChI=1S/C29H31N3O3S2/c1-5-17(2)32-27(34)24(37-29(32)35)16-20-15-18(3)31(19(20)4)28-25(22-13-9-10-14-23(22)36-28)26(33)30-21-11-7-6-8-12-21/h6-8,11-12,15-17H,5,9-10,13-14H2,1-4H3,(H,30,33)/b24-16+/t17-/m1/s1. The van der Waals surface area contributed by atoms with Crippen molar-refractivity contribution in [3.8, 4) is 5.00 Å². The second kappa shape index (κ2) is 10.3. The number of aryl methyl sites for hydroxylation is 2. The van der Waals surface area contributed by atoms with Gasteiger partial charge in [0.05, 0.1) is 10.5 Å². The molecule has 1 atom stereocenters. The molecule has 6 nitrogen and oxygen atoms in total. The van der Waals surface area contributed by atoms with E-state index >= 15 is 0 Å². The Kier molecular flexibility index (Phi) is 7.14. The number of aromatic nitrogens is 1. The summed E-state index contributed by atoms with van der Waals surface area (Å²) in [5, 5.41) is 3.79. The van der Waals surface area contributed by atoms with E-state index in [1.54, 1.807) is 11.3 Å². The molecule has 2 aromatic heterocycles. The van der Waals surface area contributed by atoms with E-state index in [-0.39, 0.29) is 23.1 Å². The van der Waals surface area contributed by atoms with E-state index in [0.29, 0.717) is 4.91 Å². The minimum atomic E-state index is -0.233. The van der Waals surface area contributed by atoms with Crippen LogP contribution in [0.2, 0.25) is 0 Å². The maximum atomic E-state index is 13.6. The molecule has 5 rings (SSSR count). The van der Waals surface area contributed by atoms with Gasteiger partial charge in [-0.2, -0.15) is 0 Å². The summed E-state index contributed by atoms with van der Waals surface area (Å²) < 4.78 is 2.13. The molecule has 192 valence electrons. The largest absolute Gasteiger partial charge is 0.322 e. The number of imide groups is 1. The van der Waals surface area contributed by atoms with Crippen molar-refractivity contribution in [2.75, 3.05) is 5.32 Å². The predicted molar refractivity (Wildman–Crippen MR) is 152 cm³/mol. The Morgan fingerprint density at radius 2 is 1.86 bits per heavy atom. The lowest BCUT2D eigenvalue weighted by Crippen LogP contribution is -2.36. The van der Waals surface area contributed by atoms with Crippen molar-refractivity contribution in [1.29, 1.82) is 0 Å². The molecule has 0 saturated carbocycles. The number of para-hydroxylation sites is 1. The van der Waals surface area contributed by atoms with Crippen molar-refractivity contribution in [2.45, 2.75) is 65.8 Å². The fourth-order valence-electron chi connectivity index (χ4n) is 5.09. The van der Waals surface area contributed by atoms with Gasteiger partial charge in [-0.1, -0.05) is 25.1 Å². The number of rotatable bonds is 6. The first-order chi connectivity index (χ1) is 17.8. The third-order valence-corrected chi connectivity index (χ3v) is 9.39. The Morgan fingerprint density at radius 3 is 2.59 bits per heavy atom. The predicted octanol–water partition coefficient (Wildman–Crippen LogP) is 7.12. The first-order valence-electron chi connectivity index (χ1n) is 12.8. The molecule has 3 amide bonds. The molecule has 1 aliphatic carbocycles. The maximum absolute atomic E-state index is 13.6. The van der Waals surface area contributed by atoms with Gasteiger partial charge in [0.15, 0.2) is 0 Å². The molecule has 3 aromatic rings. The molecular weight excluding hydrogens is 502 g/mol. The Balaban J connectivity index is 1.56. The third-order valence-electron chi connectivity index (χ3n) is 7.23. The normalized spacial score (nSPS) is 17.4. The fourth-order valence-corrected chi connectivity index (χ4v) is 7.51. The first kappa shape index (κ1) is 25.5. The van der Waals surface area contributed by atoms with E-state index in [1.165, 1.54) is 9.78 Å². The Labute approximate surface area is 225 Å². The summed E-state index contributed by atoms with van der Waals surface area (Å²) in [4.78, 5) is 42.2. The van der Waals surface area contributed by atoms with E-state index in [9.17, 15) is 14.4 Å². The topological polar surface area (TPSA) is 71.4 Å². The van der Waals surface area contributed by atoms with Crippen LogP contribution in [0.3, 0.4) is 0 Å². The lowest BCUT2D eigenvalue weighted by Gasteiger charge is -2.19. The van der Waals surface area contributed by atoms with Crippen LogP contribution in [0.4, 0.5) is 10.5 Å². The highest BCUT2D eigenvalue weighted by molar-refractivity contribution is 8.18. The van der Waals surface area contributed by atoms with Gasteiger partial charge in [-0.25, -0.2) is 0 Å². The smallest absolute Gasteiger partial charge is 0.293 e. The van der Waals surface area contributed by atoms with Crippen molar-refractivity contribution in [3.05, 3.63) is 74.3 Å². The van der Waals surface area contributed by atoms with Crippen LogP contribution in [0.25, 0.3) is 11.1 Å². The molecule has 2 aliphatic rings. The van der Waals surface area contributed by atoms with E-state index in [0.717, 1.165) is 82.6 Å².